The number of thiazole rings is 1. The molecule has 0 fully saturated rings. The van der Waals surface area contributed by atoms with Gasteiger partial charge in [-0.15, -0.1) is 11.3 Å². The predicted molar refractivity (Wildman–Crippen MR) is 102 cm³/mol. The monoisotopic (exact) mass is 373 g/mol. The van der Waals surface area contributed by atoms with Crippen molar-refractivity contribution in [2.45, 2.75) is 51.7 Å². The van der Waals surface area contributed by atoms with Gasteiger partial charge in [-0.1, -0.05) is 6.92 Å². The van der Waals surface area contributed by atoms with E-state index >= 15 is 0 Å². The lowest BCUT2D eigenvalue weighted by molar-refractivity contribution is -0.109. The Balaban J connectivity index is 1.99. The Kier molecular flexibility index (Phi) is 5.31. The topological polar surface area (TPSA) is 79.3 Å². The zero-order chi connectivity index (χ0) is 18.8. The largest absolute Gasteiger partial charge is 0.359 e. The molecule has 0 bridgehead atoms. The first-order chi connectivity index (χ1) is 12.5. The molecule has 0 spiro atoms. The van der Waals surface area contributed by atoms with Crippen LogP contribution >= 0.6 is 11.3 Å². The minimum Gasteiger partial charge on any atom is -0.359 e. The van der Waals surface area contributed by atoms with Gasteiger partial charge in [-0.25, -0.2) is 15.0 Å². The van der Waals surface area contributed by atoms with Crippen LogP contribution < -0.4 is 9.80 Å². The van der Waals surface area contributed by atoms with E-state index in [4.69, 9.17) is 4.98 Å². The van der Waals surface area contributed by atoms with Crippen LogP contribution in [-0.4, -0.2) is 52.2 Å². The Bertz CT molecular complexity index is 793. The highest BCUT2D eigenvalue weighted by molar-refractivity contribution is 7.11. The molecular formula is C18H23N5O2S. The molecule has 3 rings (SSSR count). The van der Waals surface area contributed by atoms with Crippen molar-refractivity contribution in [3.8, 4) is 0 Å². The van der Waals surface area contributed by atoms with Gasteiger partial charge in [0.05, 0.1) is 24.3 Å². The van der Waals surface area contributed by atoms with Crippen molar-refractivity contribution in [2.24, 2.45) is 0 Å². The molecule has 2 aromatic heterocycles. The van der Waals surface area contributed by atoms with Crippen molar-refractivity contribution >= 4 is 34.9 Å². The molecule has 26 heavy (non-hydrogen) atoms. The maximum atomic E-state index is 12.3. The lowest BCUT2D eigenvalue weighted by Crippen LogP contribution is -2.58. The summed E-state index contributed by atoms with van der Waals surface area (Å²) in [5.74, 6) is 1.17. The number of rotatable bonds is 6. The third kappa shape index (κ3) is 3.21. The summed E-state index contributed by atoms with van der Waals surface area (Å²) < 4.78 is 0. The number of carbonyl (C=O) groups excluding carboxylic acids is 2. The lowest BCUT2D eigenvalue weighted by Gasteiger charge is -2.47. The van der Waals surface area contributed by atoms with Crippen LogP contribution in [0.15, 0.2) is 17.8 Å². The minimum absolute atomic E-state index is 0.0300. The van der Waals surface area contributed by atoms with Crippen molar-refractivity contribution in [1.29, 1.82) is 0 Å². The summed E-state index contributed by atoms with van der Waals surface area (Å²) in [5, 5.41) is 2.25. The molecule has 0 amide bonds. The third-order valence-corrected chi connectivity index (χ3v) is 5.54. The van der Waals surface area contributed by atoms with E-state index in [9.17, 15) is 9.59 Å². The van der Waals surface area contributed by atoms with E-state index < -0.39 is 0 Å². The van der Waals surface area contributed by atoms with E-state index in [1.807, 2.05) is 11.9 Å². The normalized spacial score (nSPS) is 19.6. The van der Waals surface area contributed by atoms with Gasteiger partial charge in [0.1, 0.15) is 18.2 Å². The number of Topliss-reactive ketones (excluding diaryl/α,β-unsaturated/α-hetero) is 1. The van der Waals surface area contributed by atoms with E-state index in [1.54, 1.807) is 17.8 Å². The maximum absolute atomic E-state index is 12.3. The summed E-state index contributed by atoms with van der Waals surface area (Å²) in [4.78, 5) is 41.3. The first-order valence-electron chi connectivity index (χ1n) is 8.73. The Labute approximate surface area is 157 Å². The third-order valence-electron chi connectivity index (χ3n) is 4.73. The van der Waals surface area contributed by atoms with Crippen molar-refractivity contribution < 1.29 is 9.59 Å². The van der Waals surface area contributed by atoms with Gasteiger partial charge in [0.2, 0.25) is 0 Å². The molecule has 3 heterocycles. The van der Waals surface area contributed by atoms with Gasteiger partial charge in [0.25, 0.3) is 0 Å². The molecule has 2 unspecified atom stereocenters. The van der Waals surface area contributed by atoms with Crippen molar-refractivity contribution in [1.82, 2.24) is 15.0 Å². The lowest BCUT2D eigenvalue weighted by atomic mass is 9.98. The van der Waals surface area contributed by atoms with Crippen LogP contribution in [0.2, 0.25) is 0 Å². The van der Waals surface area contributed by atoms with Gasteiger partial charge in [-0.2, -0.15) is 0 Å². The zero-order valence-electron chi connectivity index (χ0n) is 15.4. The molecule has 1 aliphatic rings. The number of ketones is 1. The summed E-state index contributed by atoms with van der Waals surface area (Å²) in [5.41, 5.74) is 0.811. The Morgan fingerprint density at radius 2 is 2.15 bits per heavy atom. The number of likely N-dealkylation sites (N-methyl/N-ethyl adjacent to an activating group) is 1. The molecule has 0 saturated carbocycles. The molecule has 2 aromatic rings. The number of aldehydes is 1. The van der Waals surface area contributed by atoms with Gasteiger partial charge in [0.15, 0.2) is 16.6 Å². The average molecular weight is 373 g/mol. The van der Waals surface area contributed by atoms with Crippen LogP contribution in [0.3, 0.4) is 0 Å². The van der Waals surface area contributed by atoms with E-state index in [0.29, 0.717) is 10.8 Å². The molecule has 8 heteroatoms. The second-order valence-electron chi connectivity index (χ2n) is 6.65. The van der Waals surface area contributed by atoms with Crippen LogP contribution in [0, 0.1) is 0 Å². The number of anilines is 2. The van der Waals surface area contributed by atoms with E-state index in [1.165, 1.54) is 11.3 Å². The zero-order valence-corrected chi connectivity index (χ0v) is 16.2. The van der Waals surface area contributed by atoms with Crippen LogP contribution in [0.25, 0.3) is 0 Å². The molecule has 0 N–H and O–H groups in total. The highest BCUT2D eigenvalue weighted by Crippen LogP contribution is 2.37. The number of fused-ring (bicyclic) bond motifs is 1. The molecular weight excluding hydrogens is 350 g/mol. The van der Waals surface area contributed by atoms with Crippen molar-refractivity contribution in [2.75, 3.05) is 16.8 Å². The Morgan fingerprint density at radius 3 is 2.73 bits per heavy atom. The van der Waals surface area contributed by atoms with Gasteiger partial charge >= 0.3 is 0 Å². The van der Waals surface area contributed by atoms with Gasteiger partial charge in [-0.05, 0) is 20.3 Å². The molecule has 0 aromatic carbocycles. The second kappa shape index (κ2) is 7.49. The Hall–Kier alpha value is -2.35. The van der Waals surface area contributed by atoms with Crippen molar-refractivity contribution in [3.63, 3.8) is 0 Å². The van der Waals surface area contributed by atoms with E-state index in [0.717, 1.165) is 24.2 Å². The first kappa shape index (κ1) is 18.4. The molecule has 7 nitrogen and oxygen atoms in total. The predicted octanol–water partition coefficient (Wildman–Crippen LogP) is 2.37. The highest BCUT2D eigenvalue weighted by atomic mass is 32.1. The SMILES string of the molecule is CCC1C(C=O)N(C)c2cnc(CC(=O)c3nccs3)nc2N1C(C)C. The summed E-state index contributed by atoms with van der Waals surface area (Å²) >= 11 is 1.32. The number of nitrogens with zero attached hydrogens (tertiary/aromatic N) is 5. The molecule has 0 aliphatic carbocycles. The van der Waals surface area contributed by atoms with Crippen LogP contribution in [0.4, 0.5) is 11.5 Å². The smallest absolute Gasteiger partial charge is 0.198 e. The summed E-state index contributed by atoms with van der Waals surface area (Å²) in [6, 6.07) is -0.0454. The fourth-order valence-electron chi connectivity index (χ4n) is 3.49. The van der Waals surface area contributed by atoms with Gasteiger partial charge < -0.3 is 14.6 Å². The summed E-state index contributed by atoms with van der Waals surface area (Å²) in [7, 11) is 1.89. The fraction of sp³-hybridized carbons (Fsp3) is 0.500. The van der Waals surface area contributed by atoms with Crippen LogP contribution in [0.1, 0.15) is 42.8 Å². The Morgan fingerprint density at radius 1 is 1.38 bits per heavy atom. The molecule has 0 saturated heterocycles. The second-order valence-corrected chi connectivity index (χ2v) is 7.54. The van der Waals surface area contributed by atoms with E-state index in [-0.39, 0.29) is 30.3 Å². The minimum atomic E-state index is -0.249. The first-order valence-corrected chi connectivity index (χ1v) is 9.60. The fourth-order valence-corrected chi connectivity index (χ4v) is 4.07. The standard InChI is InChI=1S/C18H23N5O2S/c1-5-12-14(10-24)22(4)13-9-20-16(21-17(13)23(12)11(2)3)8-15(25)18-19-6-7-26-18/h6-7,9-12,14H,5,8H2,1-4H3. The van der Waals surface area contributed by atoms with Crippen LogP contribution in [-0.2, 0) is 11.2 Å². The number of hydrogen-bond donors (Lipinski definition) is 0. The van der Waals surface area contributed by atoms with Gasteiger partial charge in [0, 0.05) is 24.7 Å². The molecule has 0 radical (unpaired) electrons. The molecule has 138 valence electrons. The van der Waals surface area contributed by atoms with E-state index in [2.05, 4.69) is 35.6 Å². The number of carbonyl (C=O) groups is 2. The van der Waals surface area contributed by atoms with Gasteiger partial charge in [-0.3, -0.25) is 4.79 Å². The number of hydrogen-bond acceptors (Lipinski definition) is 8. The molecule has 2 atom stereocenters. The number of aromatic nitrogens is 3. The van der Waals surface area contributed by atoms with Crippen LogP contribution in [0.5, 0.6) is 0 Å². The summed E-state index contributed by atoms with van der Waals surface area (Å²) in [6.45, 7) is 6.24. The maximum Gasteiger partial charge on any atom is 0.198 e. The van der Waals surface area contributed by atoms with Crippen molar-refractivity contribution in [3.05, 3.63) is 28.6 Å². The molecule has 1 aliphatic heterocycles. The summed E-state index contributed by atoms with van der Waals surface area (Å²) in [6.07, 6.45) is 5.26. The average Bonchev–Trinajstić information content (AvgIpc) is 3.15. The highest BCUT2D eigenvalue weighted by Gasteiger charge is 2.39. The quantitative estimate of drug-likeness (QED) is 0.568.